The van der Waals surface area contributed by atoms with Crippen LogP contribution < -0.4 is 5.11 Å². The molecule has 17 nitrogen and oxygen atoms in total. The first kappa shape index (κ1) is 108. The summed E-state index contributed by atoms with van der Waals surface area (Å²) < 4.78 is 177. The lowest BCUT2D eigenvalue weighted by Crippen LogP contribution is -2.71. The first-order valence-corrected chi connectivity index (χ1v) is 47.2. The molecule has 5 aromatic carbocycles. The number of aromatic hydroxyl groups is 1. The second-order valence-corrected chi connectivity index (χ2v) is 43.2. The number of phenolic OH excluding ortho intramolecular Hbond substituents is 1. The van der Waals surface area contributed by atoms with E-state index in [1.807, 2.05) is 106 Å². The summed E-state index contributed by atoms with van der Waals surface area (Å²) in [6.45, 7) is 41.1. The van der Waals surface area contributed by atoms with Crippen LogP contribution in [0.4, 0.5) is 39.5 Å². The van der Waals surface area contributed by atoms with Crippen molar-refractivity contribution in [3.8, 4) is 10.6 Å². The molecule has 1 aromatic heterocycles. The lowest BCUT2D eigenvalue weighted by molar-refractivity contribution is -0.574. The van der Waals surface area contributed by atoms with Crippen LogP contribution in [0.5, 0.6) is 5.75 Å². The number of carbonyl (C=O) groups is 6. The van der Waals surface area contributed by atoms with Crippen molar-refractivity contribution >= 4 is 76.6 Å². The molecule has 127 heavy (non-hydrogen) atoms. The number of hydrogen-bond donors (Lipinski definition) is 1. The summed E-state index contributed by atoms with van der Waals surface area (Å²) in [5.74, 6) is -4.98. The molecule has 7 aliphatic rings. The van der Waals surface area contributed by atoms with Gasteiger partial charge in [-0.15, -0.1) is 0 Å². The van der Waals surface area contributed by atoms with Gasteiger partial charge in [-0.2, -0.15) is 39.5 Å². The van der Waals surface area contributed by atoms with Gasteiger partial charge in [-0.25, -0.2) is 8.42 Å². The largest absolute Gasteiger partial charge is 0.828 e. The molecule has 7 saturated carbocycles. The van der Waals surface area contributed by atoms with Crippen molar-refractivity contribution in [2.24, 2.45) is 55.7 Å². The van der Waals surface area contributed by atoms with Gasteiger partial charge in [-0.1, -0.05) is 161 Å². The Morgan fingerprint density at radius 3 is 1.36 bits per heavy atom. The highest BCUT2D eigenvalue weighted by Gasteiger charge is 2.68. The van der Waals surface area contributed by atoms with Gasteiger partial charge in [-0.3, -0.25) is 28.8 Å². The number of thiophene rings is 1. The minimum atomic E-state index is -6.29. The van der Waals surface area contributed by atoms with Gasteiger partial charge >= 0.3 is 54.3 Å². The first-order valence-electron chi connectivity index (χ1n) is 44.4. The highest BCUT2D eigenvalue weighted by atomic mass is 32.2. The average Bonchev–Trinajstić information content (AvgIpc) is 1.39. The number of halogens is 9. The number of esters is 6. The Bertz CT molecular complexity index is 4650. The molecule has 0 aliphatic heterocycles. The van der Waals surface area contributed by atoms with Gasteiger partial charge in [-0.05, 0) is 285 Å². The highest BCUT2D eigenvalue weighted by Crippen LogP contribution is 2.64. The first-order chi connectivity index (χ1) is 58.5. The van der Waals surface area contributed by atoms with E-state index in [4.69, 9.17) is 24.1 Å². The van der Waals surface area contributed by atoms with E-state index >= 15 is 0 Å². The Morgan fingerprint density at radius 2 is 0.953 bits per heavy atom. The third kappa shape index (κ3) is 27.7. The molecule has 13 rings (SSSR count). The fraction of sp³-hybridized carbons (Fsp3) is 0.636. The van der Waals surface area contributed by atoms with Crippen LogP contribution in [0.15, 0.2) is 133 Å². The maximum atomic E-state index is 13.3. The van der Waals surface area contributed by atoms with Gasteiger partial charge in [0, 0.05) is 27.7 Å². The lowest BCUT2D eigenvalue weighted by atomic mass is 9.48. The van der Waals surface area contributed by atoms with Crippen molar-refractivity contribution in [2.75, 3.05) is 12.9 Å². The van der Waals surface area contributed by atoms with Crippen molar-refractivity contribution in [2.45, 2.75) is 332 Å². The second-order valence-electron chi connectivity index (χ2n) is 39.7. The number of ether oxygens (including phenoxy) is 6. The van der Waals surface area contributed by atoms with Crippen LogP contribution in [0.3, 0.4) is 0 Å². The van der Waals surface area contributed by atoms with E-state index in [9.17, 15) is 86.4 Å². The molecule has 0 amide bonds. The van der Waals surface area contributed by atoms with Crippen molar-refractivity contribution < 1.29 is 120 Å². The molecular formula is C99H136F9O17S2-. The minimum Gasteiger partial charge on any atom is -0.828 e. The predicted molar refractivity (Wildman–Crippen MR) is 473 cm³/mol. The van der Waals surface area contributed by atoms with Crippen molar-refractivity contribution in [3.05, 3.63) is 145 Å². The van der Waals surface area contributed by atoms with E-state index in [-0.39, 0.29) is 92.7 Å². The SMILES string of the molecule is CCC(C)(C)C(=O)OC1(C)CCCC1.CCC(C)(C)C(=O)OC1(c2ccccc2)CCCC1.CCC(C)(C)C(=O)OC12CC3CC(C1)CC(C(=O)OC(CS(=O)(=O)[O-])C(F)(F)F)(C3)C2.CCC(C)(C)C(=O)OC1CC(C)(C)C(C)C(C)(C)C1.CCC(C)c1cccc(O)c1.COC(=O)C([O-])(C(F)(F)F)C(F)(F)F.c1ccc(-[s+]2c3ccccc3c3ccccc32)cc1. The smallest absolute Gasteiger partial charge is 0.426 e. The van der Waals surface area contributed by atoms with E-state index in [0.717, 1.165) is 89.0 Å². The van der Waals surface area contributed by atoms with Gasteiger partial charge < -0.3 is 43.2 Å². The normalized spacial score (nSPS) is 22.1. The molecule has 1 N–H and O–H groups in total. The molecule has 28 heteroatoms. The third-order valence-electron chi connectivity index (χ3n) is 27.4. The number of methoxy groups -OCH3 is 1. The van der Waals surface area contributed by atoms with Crippen LogP contribution in [0.25, 0.3) is 25.1 Å². The summed E-state index contributed by atoms with van der Waals surface area (Å²) in [5.41, 5.74) is -7.52. The van der Waals surface area contributed by atoms with Crippen molar-refractivity contribution in [1.29, 1.82) is 0 Å². The summed E-state index contributed by atoms with van der Waals surface area (Å²) in [6.07, 6.45) is -3.54. The Hall–Kier alpha value is -7.82. The van der Waals surface area contributed by atoms with E-state index in [0.29, 0.717) is 49.7 Å². The Morgan fingerprint density at radius 1 is 0.535 bits per heavy atom. The number of fused-ring (bicyclic) bond motifs is 3. The van der Waals surface area contributed by atoms with Crippen molar-refractivity contribution in [3.63, 3.8) is 0 Å². The number of carbonyl (C=O) groups excluding carboxylic acids is 6. The Balaban J connectivity index is 0.000000234. The van der Waals surface area contributed by atoms with Gasteiger partial charge in [0.15, 0.2) is 19.9 Å². The van der Waals surface area contributed by atoms with Gasteiger partial charge in [0.1, 0.15) is 28.7 Å². The Kier molecular flexibility index (Phi) is 36.2. The molecule has 710 valence electrons. The zero-order valence-electron chi connectivity index (χ0n) is 77.9. The maximum absolute atomic E-state index is 13.3. The average molecular weight is 1830 g/mol. The molecule has 4 unspecified atom stereocenters. The number of phenols is 1. The molecule has 4 bridgehead atoms. The van der Waals surface area contributed by atoms with Gasteiger partial charge in [0.25, 0.3) is 0 Å². The topological polar surface area (TPSA) is 258 Å². The molecule has 0 saturated heterocycles. The van der Waals surface area contributed by atoms with E-state index in [1.165, 1.54) is 43.5 Å². The molecular weight excluding hydrogens is 1700 g/mol. The molecule has 1 heterocycles. The summed E-state index contributed by atoms with van der Waals surface area (Å²) in [7, 11) is -4.96. The van der Waals surface area contributed by atoms with E-state index in [1.54, 1.807) is 19.9 Å². The van der Waals surface area contributed by atoms with Crippen LogP contribution in [0.2, 0.25) is 0 Å². The van der Waals surface area contributed by atoms with Gasteiger partial charge in [0.2, 0.25) is 6.10 Å². The summed E-state index contributed by atoms with van der Waals surface area (Å²) >= 11 is 0. The van der Waals surface area contributed by atoms with E-state index < -0.39 is 85.9 Å². The number of alkyl halides is 9. The summed E-state index contributed by atoms with van der Waals surface area (Å²) in [4.78, 5) is 73.7. The zero-order chi connectivity index (χ0) is 96.0. The molecule has 7 aliphatic carbocycles. The maximum Gasteiger partial charge on any atom is 0.426 e. The standard InChI is InChI=1S/C20H29F3O7S.C18H13S.C17H24O2.C17H32O2.C12H22O2.C10H14O.C5H3F6O3/c1-4-17(2,3)15(24)30-19-8-12-5-13(9-19)7-18(6-12,11-19)16(25)29-14(20(21,22)23)10-31(26,27)28;1-2-8-14(9-3-1)19-17-12-6-4-10-15(17)16-11-5-7-13-18(16)19;1-4-16(2,3)15(18)19-17(12-8-9-13-17)14-10-6-5-7-11-14;1-9-15(3,4)14(18)19-13-10-16(5,6)12(2)17(7,8)11-13;1-5-11(2,3)10(13)14-12(4)8-6-7-9-12;1-3-8(2)9-5-4-6-10(11)7-9;1-14-2(12)3(13,4(6,7)8)5(9,10)11/h12-14H,4-11H2,1-3H3,(H,26,27,28);1-13H;5-7,10-11H,4,8-9,12-13H2,1-3H3;12-13H,9-11H2,1-8H3;5-9H2,1-4H3;4-8,11H,3H2,1-2H3;1H3/q;+1;;;;;-1/p-1. The number of rotatable bonds is 21. The van der Waals surface area contributed by atoms with Crippen LogP contribution in [0.1, 0.15) is 290 Å². The highest BCUT2D eigenvalue weighted by molar-refractivity contribution is 7.85. The quantitative estimate of drug-likeness (QED) is 0.0231. The molecule has 6 aromatic rings. The monoisotopic (exact) mass is 1830 g/mol. The minimum absolute atomic E-state index is 0.00100. The molecule has 0 spiro atoms. The number of benzene rings is 5. The number of hydrogen-bond acceptors (Lipinski definition) is 17. The molecule has 0 radical (unpaired) electrons. The Labute approximate surface area is 748 Å². The van der Waals surface area contributed by atoms with Crippen molar-refractivity contribution in [1.82, 2.24) is 0 Å². The predicted octanol–water partition coefficient (Wildman–Crippen LogP) is 24.9. The lowest BCUT2D eigenvalue weighted by Gasteiger charge is -2.60. The fourth-order valence-electron chi connectivity index (χ4n) is 17.4. The van der Waals surface area contributed by atoms with Crippen LogP contribution >= 0.6 is 10.5 Å². The molecule has 7 fully saturated rings. The van der Waals surface area contributed by atoms with Crippen LogP contribution in [-0.4, -0.2) is 114 Å². The fourth-order valence-corrected chi connectivity index (χ4v) is 20.5. The van der Waals surface area contributed by atoms with Gasteiger partial charge in [0.05, 0.1) is 50.1 Å². The van der Waals surface area contributed by atoms with Crippen LogP contribution in [0, 0.1) is 55.7 Å². The zero-order valence-corrected chi connectivity index (χ0v) is 79.6. The molecule has 4 atom stereocenters. The summed E-state index contributed by atoms with van der Waals surface area (Å²) in [6, 6.07) is 46.1. The third-order valence-corrected chi connectivity index (χ3v) is 30.4. The second kappa shape index (κ2) is 42.6. The van der Waals surface area contributed by atoms with Crippen LogP contribution in [-0.2, 0) is 72.9 Å². The summed E-state index contributed by atoms with van der Waals surface area (Å²) in [5, 5.41) is 22.3. The van der Waals surface area contributed by atoms with E-state index in [2.05, 4.69) is 156 Å².